The van der Waals surface area contributed by atoms with Gasteiger partial charge in [-0.15, -0.1) is 0 Å². The first kappa shape index (κ1) is 17.1. The molecule has 0 saturated carbocycles. The average molecular weight is 298 g/mol. The van der Waals surface area contributed by atoms with E-state index in [-0.39, 0.29) is 11.8 Å². The van der Waals surface area contributed by atoms with Crippen LogP contribution in [0.5, 0.6) is 0 Å². The molecule has 5 heteroatoms. The lowest BCUT2D eigenvalue weighted by molar-refractivity contribution is 0.333. The fourth-order valence-electron chi connectivity index (χ4n) is 2.40. The van der Waals surface area contributed by atoms with E-state index in [1.165, 1.54) is 0 Å². The van der Waals surface area contributed by atoms with Gasteiger partial charge < -0.3 is 11.5 Å². The first-order valence-corrected chi connectivity index (χ1v) is 8.84. The molecule has 0 aromatic heterocycles. The van der Waals surface area contributed by atoms with Gasteiger partial charge in [0.15, 0.2) is 9.84 Å². The van der Waals surface area contributed by atoms with Crippen LogP contribution in [0.25, 0.3) is 0 Å². The highest BCUT2D eigenvalue weighted by Crippen LogP contribution is 2.27. The van der Waals surface area contributed by atoms with Crippen LogP contribution in [-0.2, 0) is 15.4 Å². The SMILES string of the molecule is CCCS(=O)(=O)c1ccc(C(N)(CC)C(N)CC)cc1. The van der Waals surface area contributed by atoms with Crippen LogP contribution in [0, 0.1) is 0 Å². The minimum atomic E-state index is -3.18. The molecular formula is C15H26N2O2S. The Labute approximate surface area is 122 Å². The van der Waals surface area contributed by atoms with E-state index in [2.05, 4.69) is 0 Å². The first-order chi connectivity index (χ1) is 9.31. The number of benzene rings is 1. The van der Waals surface area contributed by atoms with Crippen molar-refractivity contribution in [3.63, 3.8) is 0 Å². The fraction of sp³-hybridized carbons (Fsp3) is 0.600. The molecule has 0 radical (unpaired) electrons. The quantitative estimate of drug-likeness (QED) is 0.807. The summed E-state index contributed by atoms with van der Waals surface area (Å²) in [6.07, 6.45) is 2.10. The van der Waals surface area contributed by atoms with Crippen LogP contribution < -0.4 is 11.5 Å². The van der Waals surface area contributed by atoms with Gasteiger partial charge in [-0.25, -0.2) is 8.42 Å². The monoisotopic (exact) mass is 298 g/mol. The summed E-state index contributed by atoms with van der Waals surface area (Å²) in [4.78, 5) is 0.353. The van der Waals surface area contributed by atoms with Crippen molar-refractivity contribution in [2.75, 3.05) is 5.75 Å². The van der Waals surface area contributed by atoms with E-state index in [0.717, 1.165) is 12.0 Å². The van der Waals surface area contributed by atoms with Crippen LogP contribution in [0.15, 0.2) is 29.2 Å². The van der Waals surface area contributed by atoms with E-state index in [4.69, 9.17) is 11.5 Å². The summed E-state index contributed by atoms with van der Waals surface area (Å²) in [5, 5.41) is 0. The van der Waals surface area contributed by atoms with Crippen molar-refractivity contribution < 1.29 is 8.42 Å². The Hall–Kier alpha value is -0.910. The third-order valence-corrected chi connectivity index (χ3v) is 5.85. The second-order valence-corrected chi connectivity index (χ2v) is 7.36. The molecule has 0 aliphatic rings. The Balaban J connectivity index is 3.13. The molecule has 1 rings (SSSR count). The van der Waals surface area contributed by atoms with Crippen molar-refractivity contribution in [3.05, 3.63) is 29.8 Å². The van der Waals surface area contributed by atoms with Gasteiger partial charge in [0.1, 0.15) is 0 Å². The molecule has 1 aromatic carbocycles. The van der Waals surface area contributed by atoms with Crippen LogP contribution in [-0.4, -0.2) is 20.2 Å². The molecule has 0 fully saturated rings. The molecule has 4 nitrogen and oxygen atoms in total. The highest BCUT2D eigenvalue weighted by atomic mass is 32.2. The molecule has 0 heterocycles. The molecule has 0 amide bonds. The number of sulfone groups is 1. The molecule has 1 aromatic rings. The van der Waals surface area contributed by atoms with Gasteiger partial charge in [0, 0.05) is 6.04 Å². The van der Waals surface area contributed by atoms with Crippen LogP contribution in [0.4, 0.5) is 0 Å². The van der Waals surface area contributed by atoms with Crippen LogP contribution in [0.3, 0.4) is 0 Å². The lowest BCUT2D eigenvalue weighted by atomic mass is 9.81. The summed E-state index contributed by atoms with van der Waals surface area (Å²) in [6.45, 7) is 5.85. The van der Waals surface area contributed by atoms with Gasteiger partial charge in [0.05, 0.1) is 16.2 Å². The zero-order valence-corrected chi connectivity index (χ0v) is 13.4. The number of rotatable bonds is 7. The summed E-state index contributed by atoms with van der Waals surface area (Å²) >= 11 is 0. The Morgan fingerprint density at radius 1 is 1.15 bits per heavy atom. The molecule has 0 bridgehead atoms. The molecule has 4 N–H and O–H groups in total. The highest BCUT2D eigenvalue weighted by molar-refractivity contribution is 7.91. The largest absolute Gasteiger partial charge is 0.326 e. The molecule has 20 heavy (non-hydrogen) atoms. The highest BCUT2D eigenvalue weighted by Gasteiger charge is 2.31. The second-order valence-electron chi connectivity index (χ2n) is 5.25. The maximum atomic E-state index is 12.0. The summed E-state index contributed by atoms with van der Waals surface area (Å²) < 4.78 is 24.0. The lowest BCUT2D eigenvalue weighted by Crippen LogP contribution is -2.51. The van der Waals surface area contributed by atoms with Crippen LogP contribution in [0.1, 0.15) is 45.6 Å². The fourth-order valence-corrected chi connectivity index (χ4v) is 3.73. The van der Waals surface area contributed by atoms with Gasteiger partial charge in [-0.1, -0.05) is 32.9 Å². The number of hydrogen-bond donors (Lipinski definition) is 2. The summed E-state index contributed by atoms with van der Waals surface area (Å²) in [6, 6.07) is 6.72. The van der Waals surface area contributed by atoms with Crippen molar-refractivity contribution in [2.24, 2.45) is 11.5 Å². The lowest BCUT2D eigenvalue weighted by Gasteiger charge is -2.34. The normalized spacial score (nSPS) is 16.6. The van der Waals surface area contributed by atoms with Crippen molar-refractivity contribution in [3.8, 4) is 0 Å². The minimum Gasteiger partial charge on any atom is -0.326 e. The maximum absolute atomic E-state index is 12.0. The van der Waals surface area contributed by atoms with Crippen molar-refractivity contribution in [2.45, 2.75) is 56.5 Å². The van der Waals surface area contributed by atoms with Crippen LogP contribution >= 0.6 is 0 Å². The third-order valence-electron chi connectivity index (χ3n) is 3.91. The van der Waals surface area contributed by atoms with Crippen LogP contribution in [0.2, 0.25) is 0 Å². The van der Waals surface area contributed by atoms with Gasteiger partial charge in [0.25, 0.3) is 0 Å². The van der Waals surface area contributed by atoms with Gasteiger partial charge in [-0.2, -0.15) is 0 Å². The standard InChI is InChI=1S/C15H26N2O2S/c1-4-11-20(18,19)13-9-7-12(8-10-13)15(17,6-3)14(16)5-2/h7-10,14H,4-6,11,16-17H2,1-3H3. The third kappa shape index (κ3) is 3.40. The molecule has 2 unspecified atom stereocenters. The van der Waals surface area contributed by atoms with E-state index in [0.29, 0.717) is 17.7 Å². The second kappa shape index (κ2) is 6.70. The molecular weight excluding hydrogens is 272 g/mol. The minimum absolute atomic E-state index is 0.148. The van der Waals surface area contributed by atoms with E-state index in [1.807, 2.05) is 20.8 Å². The average Bonchev–Trinajstić information content (AvgIpc) is 2.45. The van der Waals surface area contributed by atoms with E-state index in [9.17, 15) is 8.42 Å². The number of hydrogen-bond acceptors (Lipinski definition) is 4. The Morgan fingerprint density at radius 2 is 1.70 bits per heavy atom. The van der Waals surface area contributed by atoms with E-state index < -0.39 is 15.4 Å². The molecule has 0 saturated heterocycles. The maximum Gasteiger partial charge on any atom is 0.178 e. The van der Waals surface area contributed by atoms with Gasteiger partial charge in [-0.05, 0) is 37.0 Å². The Bertz CT molecular complexity index is 525. The molecule has 114 valence electrons. The first-order valence-electron chi connectivity index (χ1n) is 7.19. The van der Waals surface area contributed by atoms with Gasteiger partial charge in [-0.3, -0.25) is 0 Å². The van der Waals surface area contributed by atoms with E-state index in [1.54, 1.807) is 24.3 Å². The zero-order chi connectivity index (χ0) is 15.4. The van der Waals surface area contributed by atoms with Crippen molar-refractivity contribution in [1.82, 2.24) is 0 Å². The predicted molar refractivity (Wildman–Crippen MR) is 83.2 cm³/mol. The smallest absolute Gasteiger partial charge is 0.178 e. The molecule has 0 spiro atoms. The van der Waals surface area contributed by atoms with Gasteiger partial charge >= 0.3 is 0 Å². The number of nitrogens with two attached hydrogens (primary N) is 2. The Morgan fingerprint density at radius 3 is 2.10 bits per heavy atom. The molecule has 2 atom stereocenters. The van der Waals surface area contributed by atoms with E-state index >= 15 is 0 Å². The molecule has 0 aliphatic heterocycles. The summed E-state index contributed by atoms with van der Waals surface area (Å²) in [5.41, 5.74) is 12.8. The predicted octanol–water partition coefficient (Wildman–Crippen LogP) is 2.17. The zero-order valence-electron chi connectivity index (χ0n) is 12.6. The molecule has 0 aliphatic carbocycles. The Kier molecular flexibility index (Phi) is 5.74. The van der Waals surface area contributed by atoms with Crippen molar-refractivity contribution >= 4 is 9.84 Å². The summed E-state index contributed by atoms with van der Waals surface area (Å²) in [5.74, 6) is 0.169. The topological polar surface area (TPSA) is 86.2 Å². The summed E-state index contributed by atoms with van der Waals surface area (Å²) in [7, 11) is -3.18. The van der Waals surface area contributed by atoms with Gasteiger partial charge in [0.2, 0.25) is 0 Å². The van der Waals surface area contributed by atoms with Crippen molar-refractivity contribution in [1.29, 1.82) is 0 Å².